The molecule has 0 rings (SSSR count). The van der Waals surface area contributed by atoms with Crippen LogP contribution in [0.1, 0.15) is 290 Å². The van der Waals surface area contributed by atoms with Gasteiger partial charge in [0, 0.05) is 19.3 Å². The summed E-state index contributed by atoms with van der Waals surface area (Å²) in [6.45, 7) is 6.35. The number of rotatable bonds is 57. The summed E-state index contributed by atoms with van der Waals surface area (Å²) in [4.78, 5) is 38.3. The van der Waals surface area contributed by atoms with Crippen molar-refractivity contribution < 1.29 is 28.6 Å². The zero-order chi connectivity index (χ0) is 55.7. The number of hydrogen-bond donors (Lipinski definition) is 0. The van der Waals surface area contributed by atoms with Crippen LogP contribution in [0.3, 0.4) is 0 Å². The van der Waals surface area contributed by atoms with Crippen LogP contribution < -0.4 is 0 Å². The van der Waals surface area contributed by atoms with Crippen LogP contribution in [-0.4, -0.2) is 37.2 Å². The second kappa shape index (κ2) is 64.3. The molecule has 0 heterocycles. The second-order valence-corrected chi connectivity index (χ2v) is 20.9. The SMILES string of the molecule is CC/C=C\C/C=C\C/C=C\C/C=C\CCCCCCCCCCCCC(=O)OCC(COC(=O)CCCCCCC/C=C\C/C=C\CCC)OC(=O)CCCCCCCCCCCC/C=C\C/C=C\C/C=C\C/C=C\CC. The standard InChI is InChI=1S/C71H118O6/c1-4-7-10-13-16-19-22-25-27-29-31-33-35-37-39-41-43-46-49-52-55-58-61-64-70(73)76-67-68(66-75-69(72)63-60-57-54-51-48-45-24-21-18-15-12-9-6-3)77-71(74)65-62-59-56-53-50-47-44-42-40-38-36-34-32-30-28-26-23-20-17-14-11-8-5-2/h7-8,10-12,15-17,19-21,24-28,31-34,68H,4-6,9,13-14,18,22-23,29-30,35-67H2,1-3H3/b10-7-,11-8-,15-12-,19-16-,20-17-,24-21-,27-25-,28-26-,33-31-,34-32-. The van der Waals surface area contributed by atoms with Crippen molar-refractivity contribution >= 4 is 17.9 Å². The van der Waals surface area contributed by atoms with E-state index in [1.165, 1.54) is 109 Å². The fourth-order valence-corrected chi connectivity index (χ4v) is 8.70. The lowest BCUT2D eigenvalue weighted by Gasteiger charge is -2.18. The molecule has 0 N–H and O–H groups in total. The molecule has 0 aromatic carbocycles. The summed E-state index contributed by atoms with van der Waals surface area (Å²) in [5.74, 6) is -0.906. The van der Waals surface area contributed by atoms with Crippen LogP contribution in [0.25, 0.3) is 0 Å². The molecule has 438 valence electrons. The third-order valence-electron chi connectivity index (χ3n) is 13.4. The van der Waals surface area contributed by atoms with E-state index in [2.05, 4.69) is 142 Å². The summed E-state index contributed by atoms with van der Waals surface area (Å²) in [5, 5.41) is 0. The first-order valence-electron chi connectivity index (χ1n) is 32.0. The lowest BCUT2D eigenvalue weighted by Crippen LogP contribution is -2.30. The molecule has 0 saturated carbocycles. The largest absolute Gasteiger partial charge is 0.462 e. The summed E-state index contributed by atoms with van der Waals surface area (Å²) in [6.07, 6.45) is 89.1. The highest BCUT2D eigenvalue weighted by Gasteiger charge is 2.19. The van der Waals surface area contributed by atoms with Crippen molar-refractivity contribution in [3.8, 4) is 0 Å². The zero-order valence-corrected chi connectivity index (χ0v) is 50.2. The van der Waals surface area contributed by atoms with E-state index < -0.39 is 6.10 Å². The molecule has 6 heteroatoms. The zero-order valence-electron chi connectivity index (χ0n) is 50.2. The molecule has 0 radical (unpaired) electrons. The Labute approximate surface area is 475 Å². The Bertz CT molecular complexity index is 1600. The molecule has 0 saturated heterocycles. The van der Waals surface area contributed by atoms with E-state index in [9.17, 15) is 14.4 Å². The van der Waals surface area contributed by atoms with Crippen LogP contribution in [0.4, 0.5) is 0 Å². The van der Waals surface area contributed by atoms with Crippen LogP contribution in [-0.2, 0) is 28.6 Å². The number of hydrogen-bond acceptors (Lipinski definition) is 6. The maximum atomic E-state index is 12.9. The average molecular weight is 1070 g/mol. The van der Waals surface area contributed by atoms with Crippen LogP contribution in [0.2, 0.25) is 0 Å². The molecule has 0 fully saturated rings. The molecular formula is C71H118O6. The van der Waals surface area contributed by atoms with Crippen LogP contribution in [0.5, 0.6) is 0 Å². The van der Waals surface area contributed by atoms with Crippen molar-refractivity contribution in [3.63, 3.8) is 0 Å². The number of allylic oxidation sites excluding steroid dienone is 20. The Morgan fingerprint density at radius 1 is 0.273 bits per heavy atom. The van der Waals surface area contributed by atoms with Crippen LogP contribution in [0.15, 0.2) is 122 Å². The molecule has 0 aliphatic heterocycles. The summed E-state index contributed by atoms with van der Waals surface area (Å²) in [5.41, 5.74) is 0. The number of carbonyl (C=O) groups is 3. The van der Waals surface area contributed by atoms with E-state index in [0.717, 1.165) is 141 Å². The highest BCUT2D eigenvalue weighted by atomic mass is 16.6. The van der Waals surface area contributed by atoms with Gasteiger partial charge in [-0.2, -0.15) is 0 Å². The van der Waals surface area contributed by atoms with Crippen molar-refractivity contribution in [2.75, 3.05) is 13.2 Å². The topological polar surface area (TPSA) is 78.9 Å². The monoisotopic (exact) mass is 1070 g/mol. The summed E-state index contributed by atoms with van der Waals surface area (Å²) >= 11 is 0. The maximum absolute atomic E-state index is 12.9. The van der Waals surface area contributed by atoms with Gasteiger partial charge >= 0.3 is 17.9 Å². The Morgan fingerprint density at radius 3 is 0.792 bits per heavy atom. The minimum atomic E-state index is -0.792. The lowest BCUT2D eigenvalue weighted by atomic mass is 10.0. The van der Waals surface area contributed by atoms with Gasteiger partial charge < -0.3 is 14.2 Å². The molecule has 0 bridgehead atoms. The second-order valence-electron chi connectivity index (χ2n) is 20.9. The number of esters is 3. The average Bonchev–Trinajstić information content (AvgIpc) is 3.43. The Morgan fingerprint density at radius 2 is 0.506 bits per heavy atom. The quantitative estimate of drug-likeness (QED) is 0.0261. The molecule has 77 heavy (non-hydrogen) atoms. The summed E-state index contributed by atoms with van der Waals surface area (Å²) in [7, 11) is 0. The predicted molar refractivity (Wildman–Crippen MR) is 334 cm³/mol. The van der Waals surface area contributed by atoms with Crippen molar-refractivity contribution in [1.29, 1.82) is 0 Å². The van der Waals surface area contributed by atoms with Gasteiger partial charge in [0.05, 0.1) is 0 Å². The van der Waals surface area contributed by atoms with Gasteiger partial charge in [0.1, 0.15) is 13.2 Å². The molecule has 0 aromatic heterocycles. The van der Waals surface area contributed by atoms with Gasteiger partial charge in [-0.3, -0.25) is 14.4 Å². The highest BCUT2D eigenvalue weighted by molar-refractivity contribution is 5.71. The van der Waals surface area contributed by atoms with Gasteiger partial charge in [-0.25, -0.2) is 0 Å². The first-order chi connectivity index (χ1) is 38.0. The normalized spacial score (nSPS) is 12.9. The Balaban J connectivity index is 4.36. The maximum Gasteiger partial charge on any atom is 0.306 e. The third-order valence-corrected chi connectivity index (χ3v) is 13.4. The third kappa shape index (κ3) is 62.5. The molecular weight excluding hydrogens is 949 g/mol. The van der Waals surface area contributed by atoms with Crippen molar-refractivity contribution in [1.82, 2.24) is 0 Å². The Hall–Kier alpha value is -4.19. The lowest BCUT2D eigenvalue weighted by molar-refractivity contribution is -0.167. The number of carbonyl (C=O) groups excluding carboxylic acids is 3. The molecule has 6 nitrogen and oxygen atoms in total. The van der Waals surface area contributed by atoms with Crippen molar-refractivity contribution in [3.05, 3.63) is 122 Å². The molecule has 0 aliphatic rings. The minimum Gasteiger partial charge on any atom is -0.462 e. The van der Waals surface area contributed by atoms with Crippen LogP contribution >= 0.6 is 0 Å². The van der Waals surface area contributed by atoms with Gasteiger partial charge in [0.15, 0.2) is 6.10 Å². The van der Waals surface area contributed by atoms with E-state index in [-0.39, 0.29) is 31.1 Å². The summed E-state index contributed by atoms with van der Waals surface area (Å²) in [6, 6.07) is 0. The molecule has 0 spiro atoms. The van der Waals surface area contributed by atoms with Gasteiger partial charge in [0.2, 0.25) is 0 Å². The number of ether oxygens (including phenoxy) is 3. The minimum absolute atomic E-state index is 0.0881. The first-order valence-corrected chi connectivity index (χ1v) is 32.0. The van der Waals surface area contributed by atoms with Crippen LogP contribution in [0, 0.1) is 0 Å². The van der Waals surface area contributed by atoms with Gasteiger partial charge in [0.25, 0.3) is 0 Å². The number of unbranched alkanes of at least 4 members (excludes halogenated alkanes) is 26. The molecule has 0 aromatic rings. The summed E-state index contributed by atoms with van der Waals surface area (Å²) < 4.78 is 16.9. The molecule has 1 atom stereocenters. The van der Waals surface area contributed by atoms with Gasteiger partial charge in [-0.15, -0.1) is 0 Å². The van der Waals surface area contributed by atoms with E-state index in [1.54, 1.807) is 0 Å². The highest BCUT2D eigenvalue weighted by Crippen LogP contribution is 2.16. The van der Waals surface area contributed by atoms with Gasteiger partial charge in [-0.1, -0.05) is 271 Å². The van der Waals surface area contributed by atoms with E-state index >= 15 is 0 Å². The van der Waals surface area contributed by atoms with Gasteiger partial charge in [-0.05, 0) is 122 Å². The molecule has 0 amide bonds. The van der Waals surface area contributed by atoms with E-state index in [0.29, 0.717) is 19.3 Å². The van der Waals surface area contributed by atoms with Crippen molar-refractivity contribution in [2.45, 2.75) is 297 Å². The van der Waals surface area contributed by atoms with E-state index in [4.69, 9.17) is 14.2 Å². The smallest absolute Gasteiger partial charge is 0.306 e. The fourth-order valence-electron chi connectivity index (χ4n) is 8.70. The van der Waals surface area contributed by atoms with E-state index in [1.807, 2.05) is 0 Å². The molecule has 1 unspecified atom stereocenters. The first kappa shape index (κ1) is 72.8. The van der Waals surface area contributed by atoms with Crippen molar-refractivity contribution in [2.24, 2.45) is 0 Å². The molecule has 0 aliphatic carbocycles. The fraction of sp³-hybridized carbons (Fsp3) is 0.676. The predicted octanol–water partition coefficient (Wildman–Crippen LogP) is 22.0. The Kier molecular flexibility index (Phi) is 60.8.